The number of hydrogen-bond acceptors (Lipinski definition) is 9. The van der Waals surface area contributed by atoms with Crippen molar-refractivity contribution < 1.29 is 23.4 Å². The molecule has 2 aliphatic rings. The smallest absolute Gasteiger partial charge is 0.309 e. The molecule has 1 aliphatic heterocycles. The first kappa shape index (κ1) is 33.2. The first-order chi connectivity index (χ1) is 23.0. The summed E-state index contributed by atoms with van der Waals surface area (Å²) in [6.07, 6.45) is 8.30. The van der Waals surface area contributed by atoms with E-state index in [0.29, 0.717) is 51.0 Å². The molecule has 1 saturated carbocycles. The number of benzene rings is 1. The van der Waals surface area contributed by atoms with E-state index >= 15 is 0 Å². The van der Waals surface area contributed by atoms with E-state index in [-0.39, 0.29) is 36.5 Å². The zero-order chi connectivity index (χ0) is 33.9. The number of cyclic esters (lactones) is 1. The maximum absolute atomic E-state index is 15.0. The van der Waals surface area contributed by atoms with Crippen LogP contribution >= 0.6 is 11.6 Å². The monoisotopic (exact) mass is 676 g/mol. The number of esters is 1. The number of H-pyrrole nitrogens is 1. The van der Waals surface area contributed by atoms with Crippen LogP contribution in [0.25, 0.3) is 28.5 Å². The topological polar surface area (TPSA) is 142 Å². The second-order valence-corrected chi connectivity index (χ2v) is 12.9. The Morgan fingerprint density at radius 1 is 1.00 bits per heavy atom. The van der Waals surface area contributed by atoms with Gasteiger partial charge in [0.05, 0.1) is 41.8 Å². The number of aromatic amines is 1. The molecular formula is C35H35ClF2N6O4. The molecule has 4 aromatic rings. The molecule has 4 heterocycles. The van der Waals surface area contributed by atoms with Gasteiger partial charge in [-0.2, -0.15) is 0 Å². The molecule has 6 rings (SSSR count). The van der Waals surface area contributed by atoms with Gasteiger partial charge in [0.15, 0.2) is 0 Å². The first-order valence-electron chi connectivity index (χ1n) is 15.8. The minimum atomic E-state index is -0.854. The van der Waals surface area contributed by atoms with Gasteiger partial charge in [-0.1, -0.05) is 43.7 Å². The number of nitrogens with zero attached hydrogens (tertiary/aromatic N) is 3. The van der Waals surface area contributed by atoms with Crippen LogP contribution in [0.4, 0.5) is 20.5 Å². The second-order valence-electron chi connectivity index (χ2n) is 12.4. The molecular weight excluding hydrogens is 642 g/mol. The van der Waals surface area contributed by atoms with Gasteiger partial charge in [0.2, 0.25) is 5.95 Å². The number of pyridine rings is 2. The summed E-state index contributed by atoms with van der Waals surface area (Å²) in [6.45, 7) is 3.74. The van der Waals surface area contributed by atoms with E-state index in [0.717, 1.165) is 19.0 Å². The molecule has 4 N–H and O–H groups in total. The fourth-order valence-electron chi connectivity index (χ4n) is 6.38. The normalized spacial score (nSPS) is 21.1. The van der Waals surface area contributed by atoms with Crippen LogP contribution in [0.1, 0.15) is 63.0 Å². The Hall–Kier alpha value is -4.68. The minimum Gasteiger partial charge on any atom is -0.458 e. The maximum Gasteiger partial charge on any atom is 0.309 e. The van der Waals surface area contributed by atoms with Crippen LogP contribution in [0, 0.1) is 11.6 Å². The Balaban J connectivity index is 1.42. The van der Waals surface area contributed by atoms with Crippen molar-refractivity contribution in [2.45, 2.75) is 76.2 Å². The van der Waals surface area contributed by atoms with Gasteiger partial charge >= 0.3 is 5.97 Å². The summed E-state index contributed by atoms with van der Waals surface area (Å²) in [4.78, 5) is 41.7. The highest BCUT2D eigenvalue weighted by Gasteiger charge is 2.29. The standard InChI is InChI=1S/C35H35ClF2N6O4/c1-18(2)30-27(10-9-26-13-25(45)14-29(46)48-26)31(19-3-5-21(37)6-4-19)32(44-34(30)47)28-11-22(38)17-39-33(28)42-23-7-8-24(12-23)43-35-40-15-20(36)16-41-35/h3-6,9-11,15-18,23-26,45H,7-8,12-14H2,1-2H3,(H,39,42)(H,44,47)(H,40,41,43)/b10-9+/t23-,24-,25-,26+/m0/s1. The number of nitrogens with one attached hydrogen (secondary N) is 3. The molecule has 0 radical (unpaired) electrons. The predicted octanol–water partition coefficient (Wildman–Crippen LogP) is 6.47. The maximum atomic E-state index is 15.0. The third-order valence-electron chi connectivity index (χ3n) is 8.52. The first-order valence-corrected chi connectivity index (χ1v) is 16.2. The van der Waals surface area contributed by atoms with E-state index in [2.05, 4.69) is 30.6 Å². The van der Waals surface area contributed by atoms with Crippen LogP contribution in [-0.2, 0) is 9.53 Å². The summed E-state index contributed by atoms with van der Waals surface area (Å²) < 4.78 is 34.6. The highest BCUT2D eigenvalue weighted by atomic mass is 35.5. The fourth-order valence-corrected chi connectivity index (χ4v) is 6.48. The van der Waals surface area contributed by atoms with Gasteiger partial charge < -0.3 is 25.5 Å². The number of carbonyl (C=O) groups excluding carboxylic acids is 1. The highest BCUT2D eigenvalue weighted by molar-refractivity contribution is 6.30. The van der Waals surface area contributed by atoms with Crippen LogP contribution < -0.4 is 16.2 Å². The number of aromatic nitrogens is 4. The lowest BCUT2D eigenvalue weighted by molar-refractivity contribution is -0.156. The van der Waals surface area contributed by atoms with Crippen molar-refractivity contribution in [1.82, 2.24) is 19.9 Å². The van der Waals surface area contributed by atoms with Crippen molar-refractivity contribution in [3.63, 3.8) is 0 Å². The van der Waals surface area contributed by atoms with Crippen molar-refractivity contribution >= 4 is 35.4 Å². The summed E-state index contributed by atoms with van der Waals surface area (Å²) in [6, 6.07) is 7.12. The van der Waals surface area contributed by atoms with Gasteiger partial charge in [0.1, 0.15) is 23.6 Å². The van der Waals surface area contributed by atoms with Gasteiger partial charge in [0, 0.05) is 35.2 Å². The van der Waals surface area contributed by atoms with E-state index < -0.39 is 35.4 Å². The molecule has 1 aliphatic carbocycles. The Morgan fingerprint density at radius 3 is 2.40 bits per heavy atom. The molecule has 1 saturated heterocycles. The Bertz CT molecular complexity index is 1880. The van der Waals surface area contributed by atoms with Gasteiger partial charge in [-0.05, 0) is 60.6 Å². The largest absolute Gasteiger partial charge is 0.458 e. The summed E-state index contributed by atoms with van der Waals surface area (Å²) in [5.74, 6) is -1.00. The van der Waals surface area contributed by atoms with E-state index in [4.69, 9.17) is 16.3 Å². The summed E-state index contributed by atoms with van der Waals surface area (Å²) >= 11 is 5.92. The second kappa shape index (κ2) is 14.2. The fraction of sp³-hybridized carbons (Fsp3) is 0.343. The number of hydrogen-bond donors (Lipinski definition) is 4. The Labute approximate surface area is 280 Å². The summed E-state index contributed by atoms with van der Waals surface area (Å²) in [5.41, 5.74) is 2.21. The lowest BCUT2D eigenvalue weighted by Crippen LogP contribution is -2.31. The number of halogens is 3. The Morgan fingerprint density at radius 2 is 1.71 bits per heavy atom. The minimum absolute atomic E-state index is 0.0470. The van der Waals surface area contributed by atoms with Crippen LogP contribution in [0.2, 0.25) is 5.02 Å². The molecule has 1 aromatic carbocycles. The van der Waals surface area contributed by atoms with E-state index in [1.54, 1.807) is 24.3 Å². The zero-order valence-electron chi connectivity index (χ0n) is 26.3. The Kier molecular flexibility index (Phi) is 9.83. The van der Waals surface area contributed by atoms with Crippen molar-refractivity contribution in [2.24, 2.45) is 0 Å². The van der Waals surface area contributed by atoms with Crippen molar-refractivity contribution in [3.8, 4) is 22.4 Å². The van der Waals surface area contributed by atoms with Crippen LogP contribution in [-0.4, -0.2) is 55.3 Å². The van der Waals surface area contributed by atoms with Crippen LogP contribution in [0.5, 0.6) is 0 Å². The molecule has 0 amide bonds. The molecule has 0 spiro atoms. The number of ether oxygens (including phenoxy) is 1. The lowest BCUT2D eigenvalue weighted by atomic mass is 9.87. The highest BCUT2D eigenvalue weighted by Crippen LogP contribution is 2.40. The molecule has 0 unspecified atom stereocenters. The van der Waals surface area contributed by atoms with Crippen LogP contribution in [0.3, 0.4) is 0 Å². The van der Waals surface area contributed by atoms with Gasteiger partial charge in [-0.3, -0.25) is 9.59 Å². The molecule has 4 atom stereocenters. The van der Waals surface area contributed by atoms with Gasteiger partial charge in [0.25, 0.3) is 5.56 Å². The number of rotatable bonds is 9. The molecule has 3 aromatic heterocycles. The van der Waals surface area contributed by atoms with Crippen molar-refractivity contribution in [2.75, 3.05) is 10.6 Å². The lowest BCUT2D eigenvalue weighted by Gasteiger charge is -2.24. The zero-order valence-corrected chi connectivity index (χ0v) is 27.1. The van der Waals surface area contributed by atoms with Gasteiger partial charge in [-0.25, -0.2) is 23.7 Å². The third-order valence-corrected chi connectivity index (χ3v) is 8.72. The summed E-state index contributed by atoms with van der Waals surface area (Å²) in [7, 11) is 0. The van der Waals surface area contributed by atoms with Crippen molar-refractivity contribution in [3.05, 3.63) is 93.1 Å². The average molecular weight is 677 g/mol. The van der Waals surface area contributed by atoms with E-state index in [1.165, 1.54) is 30.6 Å². The molecule has 10 nitrogen and oxygen atoms in total. The molecule has 13 heteroatoms. The number of aliphatic hydroxyl groups excluding tert-OH is 1. The summed E-state index contributed by atoms with van der Waals surface area (Å²) in [5, 5.41) is 17.4. The van der Waals surface area contributed by atoms with Crippen molar-refractivity contribution in [1.29, 1.82) is 0 Å². The predicted molar refractivity (Wildman–Crippen MR) is 180 cm³/mol. The average Bonchev–Trinajstić information content (AvgIpc) is 3.48. The van der Waals surface area contributed by atoms with Gasteiger partial charge in [-0.15, -0.1) is 0 Å². The molecule has 2 fully saturated rings. The molecule has 0 bridgehead atoms. The number of aliphatic hydroxyl groups is 1. The quantitative estimate of drug-likeness (QED) is 0.147. The number of anilines is 2. The molecule has 250 valence electrons. The SMILES string of the molecule is CC(C)c1c(/C=C/[C@@H]2C[C@H](O)CC(=O)O2)c(-c2ccc(F)cc2)c(-c2cc(F)cnc2N[C@H]2CC[C@H](Nc3ncc(Cl)cn3)C2)[nH]c1=O. The molecule has 48 heavy (non-hydrogen) atoms. The number of carbonyl (C=O) groups is 1. The van der Waals surface area contributed by atoms with Crippen LogP contribution in [0.15, 0.2) is 59.8 Å². The third kappa shape index (κ3) is 7.55. The van der Waals surface area contributed by atoms with E-state index in [9.17, 15) is 23.5 Å². The van der Waals surface area contributed by atoms with E-state index in [1.807, 2.05) is 13.8 Å².